The molecule has 0 radical (unpaired) electrons. The number of nitrogens with zero attached hydrogens (tertiary/aromatic N) is 2. The Morgan fingerprint density at radius 1 is 1.00 bits per heavy atom. The van der Waals surface area contributed by atoms with Crippen LogP contribution in [-0.2, 0) is 21.4 Å². The highest BCUT2D eigenvalue weighted by Crippen LogP contribution is 2.33. The summed E-state index contributed by atoms with van der Waals surface area (Å²) < 4.78 is 0. The molecular formula is C36H46N4O4S. The molecule has 3 aromatic rings. The molecule has 1 aromatic carbocycles. The number of thiophene rings is 1. The number of nitrogens with one attached hydrogen (secondary N) is 2. The van der Waals surface area contributed by atoms with Crippen LogP contribution < -0.4 is 10.6 Å². The van der Waals surface area contributed by atoms with Crippen molar-refractivity contribution in [3.05, 3.63) is 75.7 Å². The molecule has 0 spiro atoms. The van der Waals surface area contributed by atoms with E-state index in [0.29, 0.717) is 10.7 Å². The molecule has 1 aliphatic rings. The van der Waals surface area contributed by atoms with E-state index >= 15 is 0 Å². The largest absolute Gasteiger partial charge is 0.480 e. The molecule has 0 saturated heterocycles. The molecule has 0 bridgehead atoms. The first kappa shape index (κ1) is 34.0. The summed E-state index contributed by atoms with van der Waals surface area (Å²) in [6.07, 6.45) is 15.0. The molecule has 0 saturated carbocycles. The van der Waals surface area contributed by atoms with Crippen molar-refractivity contribution in [3.63, 3.8) is 0 Å². The highest BCUT2D eigenvalue weighted by atomic mass is 32.1. The van der Waals surface area contributed by atoms with Gasteiger partial charge in [-0.05, 0) is 60.8 Å². The van der Waals surface area contributed by atoms with E-state index in [1.54, 1.807) is 6.07 Å². The quantitative estimate of drug-likeness (QED) is 0.172. The number of carbonyl (C=O) groups excluding carboxylic acids is 2. The predicted molar refractivity (Wildman–Crippen MR) is 180 cm³/mol. The van der Waals surface area contributed by atoms with Gasteiger partial charge in [-0.2, -0.15) is 0 Å². The number of hydrogen-bond acceptors (Lipinski definition) is 6. The molecule has 45 heavy (non-hydrogen) atoms. The highest BCUT2D eigenvalue weighted by molar-refractivity contribution is 7.14. The van der Waals surface area contributed by atoms with Crippen molar-refractivity contribution in [1.82, 2.24) is 20.6 Å². The first-order valence-electron chi connectivity index (χ1n) is 16.0. The molecule has 0 fully saturated rings. The molecule has 1 unspecified atom stereocenters. The number of carboxylic acid groups (broad SMARTS) is 1. The summed E-state index contributed by atoms with van der Waals surface area (Å²) >= 11 is 1.38. The minimum Gasteiger partial charge on any atom is -0.480 e. The summed E-state index contributed by atoms with van der Waals surface area (Å²) in [5.41, 5.74) is 3.94. The maximum atomic E-state index is 13.1. The van der Waals surface area contributed by atoms with Crippen LogP contribution in [0.25, 0.3) is 17.0 Å². The molecule has 2 heterocycles. The van der Waals surface area contributed by atoms with Crippen LogP contribution >= 0.6 is 11.3 Å². The van der Waals surface area contributed by atoms with Gasteiger partial charge in [-0.1, -0.05) is 83.7 Å². The van der Waals surface area contributed by atoms with Crippen molar-refractivity contribution in [2.45, 2.75) is 103 Å². The number of allylic oxidation sites excluding steroid dienone is 2. The summed E-state index contributed by atoms with van der Waals surface area (Å²) in [4.78, 5) is 48.5. The van der Waals surface area contributed by atoms with E-state index in [2.05, 4.69) is 54.4 Å². The molecular weight excluding hydrogens is 584 g/mol. The van der Waals surface area contributed by atoms with Crippen LogP contribution in [0.3, 0.4) is 0 Å². The van der Waals surface area contributed by atoms with Gasteiger partial charge in [0.05, 0.1) is 4.88 Å². The van der Waals surface area contributed by atoms with Crippen LogP contribution in [0, 0.1) is 5.92 Å². The number of hydrogen-bond donors (Lipinski definition) is 3. The SMILES string of the molecule is CCCCCC1CC=C(c2cnc(-c3ccc(C[C@H](NC(=O)c4ccc(C(C)(C)C)s4)C(=O)N[C@H](C)C(=O)O)cc3)nc2)CC1. The number of carbonyl (C=O) groups is 3. The maximum absolute atomic E-state index is 13.1. The van der Waals surface area contributed by atoms with Gasteiger partial charge < -0.3 is 15.7 Å². The predicted octanol–water partition coefficient (Wildman–Crippen LogP) is 7.20. The number of aliphatic carboxylic acids is 1. The lowest BCUT2D eigenvalue weighted by Crippen LogP contribution is -2.51. The Bertz CT molecular complexity index is 1490. The van der Waals surface area contributed by atoms with Gasteiger partial charge in [-0.25, -0.2) is 9.97 Å². The summed E-state index contributed by atoms with van der Waals surface area (Å²) in [7, 11) is 0. The van der Waals surface area contributed by atoms with E-state index < -0.39 is 24.0 Å². The van der Waals surface area contributed by atoms with Crippen LogP contribution in [0.5, 0.6) is 0 Å². The Morgan fingerprint density at radius 3 is 2.29 bits per heavy atom. The lowest BCUT2D eigenvalue weighted by atomic mass is 9.84. The van der Waals surface area contributed by atoms with Crippen molar-refractivity contribution < 1.29 is 19.5 Å². The number of aromatic nitrogens is 2. The molecule has 4 rings (SSSR count). The molecule has 240 valence electrons. The standard InChI is InChI=1S/C36H46N4O4S/c1-6-7-8-9-24-10-14-26(15-11-24)28-21-37-32(38-22-28)27-16-12-25(13-17-27)20-29(33(41)39-23(2)35(43)44)40-34(42)30-18-19-31(45-30)36(3,4)5/h12-14,16-19,21-24,29H,6-11,15,20H2,1-5H3,(H,39,41)(H,40,42)(H,43,44)/t23-,24?,29+/m1/s1. The monoisotopic (exact) mass is 630 g/mol. The molecule has 1 aliphatic carbocycles. The number of benzene rings is 1. The Kier molecular flexibility index (Phi) is 11.7. The van der Waals surface area contributed by atoms with Crippen LogP contribution in [-0.4, -0.2) is 44.9 Å². The van der Waals surface area contributed by atoms with Crippen LogP contribution in [0.15, 0.2) is 54.9 Å². The normalized spacial score (nSPS) is 16.4. The number of unbranched alkanes of at least 4 members (excludes halogenated alkanes) is 2. The topological polar surface area (TPSA) is 121 Å². The van der Waals surface area contributed by atoms with Gasteiger partial charge >= 0.3 is 5.97 Å². The smallest absolute Gasteiger partial charge is 0.325 e. The third kappa shape index (κ3) is 9.57. The summed E-state index contributed by atoms with van der Waals surface area (Å²) in [5, 5.41) is 14.6. The van der Waals surface area contributed by atoms with E-state index in [1.807, 2.05) is 42.7 Å². The van der Waals surface area contributed by atoms with Gasteiger partial charge in [0.1, 0.15) is 12.1 Å². The molecule has 2 aromatic heterocycles. The molecule has 9 heteroatoms. The second-order valence-electron chi connectivity index (χ2n) is 13.1. The van der Waals surface area contributed by atoms with Crippen molar-refractivity contribution in [2.24, 2.45) is 5.92 Å². The van der Waals surface area contributed by atoms with Gasteiger partial charge in [0.2, 0.25) is 5.91 Å². The number of carboxylic acids is 1. The molecule has 3 N–H and O–H groups in total. The average Bonchev–Trinajstić information content (AvgIpc) is 3.53. The van der Waals surface area contributed by atoms with Gasteiger partial charge in [0.25, 0.3) is 5.91 Å². The van der Waals surface area contributed by atoms with Crippen LogP contribution in [0.1, 0.15) is 105 Å². The second kappa shape index (κ2) is 15.4. The number of rotatable bonds is 13. The van der Waals surface area contributed by atoms with Crippen molar-refractivity contribution in [1.29, 1.82) is 0 Å². The molecule has 0 aliphatic heterocycles. The van der Waals surface area contributed by atoms with Crippen molar-refractivity contribution in [2.75, 3.05) is 0 Å². The highest BCUT2D eigenvalue weighted by Gasteiger charge is 2.26. The fraction of sp³-hybridized carbons (Fsp3) is 0.472. The van der Waals surface area contributed by atoms with E-state index in [9.17, 15) is 19.5 Å². The lowest BCUT2D eigenvalue weighted by Gasteiger charge is -2.22. The first-order chi connectivity index (χ1) is 21.4. The Hall–Kier alpha value is -3.85. The van der Waals surface area contributed by atoms with Crippen molar-refractivity contribution >= 4 is 34.7 Å². The zero-order valence-corrected chi connectivity index (χ0v) is 27.9. The third-order valence-corrected chi connectivity index (χ3v) is 9.84. The Balaban J connectivity index is 1.43. The Labute approximate surface area is 270 Å². The fourth-order valence-electron chi connectivity index (χ4n) is 5.44. The third-order valence-electron chi connectivity index (χ3n) is 8.33. The van der Waals surface area contributed by atoms with E-state index in [1.165, 1.54) is 55.9 Å². The lowest BCUT2D eigenvalue weighted by molar-refractivity contribution is -0.141. The second-order valence-corrected chi connectivity index (χ2v) is 14.2. The van der Waals surface area contributed by atoms with Crippen molar-refractivity contribution in [3.8, 4) is 11.4 Å². The molecule has 8 nitrogen and oxygen atoms in total. The first-order valence-corrected chi connectivity index (χ1v) is 16.8. The Morgan fingerprint density at radius 2 is 1.71 bits per heavy atom. The van der Waals surface area contributed by atoms with Crippen LogP contribution in [0.2, 0.25) is 0 Å². The fourth-order valence-corrected chi connectivity index (χ4v) is 6.41. The summed E-state index contributed by atoms with van der Waals surface area (Å²) in [5.74, 6) is -0.676. The zero-order chi connectivity index (χ0) is 32.6. The minimum atomic E-state index is -1.15. The maximum Gasteiger partial charge on any atom is 0.325 e. The van der Waals surface area contributed by atoms with Gasteiger partial charge in [0, 0.05) is 34.8 Å². The number of amides is 2. The van der Waals surface area contributed by atoms with Gasteiger partial charge in [-0.15, -0.1) is 11.3 Å². The van der Waals surface area contributed by atoms with Gasteiger partial charge in [-0.3, -0.25) is 14.4 Å². The summed E-state index contributed by atoms with van der Waals surface area (Å²) in [6, 6.07) is 9.18. The van der Waals surface area contributed by atoms with Gasteiger partial charge in [0.15, 0.2) is 5.82 Å². The van der Waals surface area contributed by atoms with E-state index in [0.717, 1.165) is 40.3 Å². The summed E-state index contributed by atoms with van der Waals surface area (Å²) in [6.45, 7) is 9.86. The average molecular weight is 631 g/mol. The van der Waals surface area contributed by atoms with Crippen LogP contribution in [0.4, 0.5) is 0 Å². The minimum absolute atomic E-state index is 0.104. The van der Waals surface area contributed by atoms with E-state index in [4.69, 9.17) is 0 Å². The zero-order valence-electron chi connectivity index (χ0n) is 27.1. The van der Waals surface area contributed by atoms with E-state index in [-0.39, 0.29) is 17.7 Å². The molecule has 2 amide bonds. The molecule has 3 atom stereocenters.